The topological polar surface area (TPSA) is 37.4 Å². The van der Waals surface area contributed by atoms with Crippen molar-refractivity contribution in [3.63, 3.8) is 0 Å². The molecule has 82 valence electrons. The molecule has 3 heteroatoms. The van der Waals surface area contributed by atoms with Gasteiger partial charge in [-0.2, -0.15) is 0 Å². The van der Waals surface area contributed by atoms with Crippen LogP contribution in [-0.4, -0.2) is 22.8 Å². The second kappa shape index (κ2) is 3.80. The fourth-order valence-corrected chi connectivity index (χ4v) is 2.81. The first-order valence-electron chi connectivity index (χ1n) is 5.66. The molecule has 2 amide bonds. The van der Waals surface area contributed by atoms with Crippen LogP contribution in [0.4, 0.5) is 0 Å². The number of amides is 2. The van der Waals surface area contributed by atoms with Crippen LogP contribution in [0.5, 0.6) is 0 Å². The third-order valence-electron chi connectivity index (χ3n) is 3.56. The van der Waals surface area contributed by atoms with Crippen molar-refractivity contribution >= 4 is 11.8 Å². The molecule has 0 unspecified atom stereocenters. The predicted octanol–water partition coefficient (Wildman–Crippen LogP) is 1.74. The average molecular weight is 207 g/mol. The monoisotopic (exact) mass is 207 g/mol. The minimum absolute atomic E-state index is 0.127. The molecule has 0 saturated heterocycles. The van der Waals surface area contributed by atoms with Crippen LogP contribution in [0.3, 0.4) is 0 Å². The van der Waals surface area contributed by atoms with Crippen LogP contribution in [0.1, 0.15) is 33.1 Å². The van der Waals surface area contributed by atoms with E-state index in [1.54, 1.807) is 0 Å². The molecule has 0 aromatic heterocycles. The second-order valence-corrected chi connectivity index (χ2v) is 4.79. The lowest BCUT2D eigenvalue weighted by Crippen LogP contribution is -2.43. The van der Waals surface area contributed by atoms with Crippen LogP contribution in [0, 0.1) is 11.8 Å². The van der Waals surface area contributed by atoms with Crippen molar-refractivity contribution in [2.75, 3.05) is 0 Å². The summed E-state index contributed by atoms with van der Waals surface area (Å²) >= 11 is 0. The van der Waals surface area contributed by atoms with Gasteiger partial charge in [0.05, 0.1) is 0 Å². The Morgan fingerprint density at radius 2 is 1.80 bits per heavy atom. The van der Waals surface area contributed by atoms with E-state index in [0.29, 0.717) is 11.8 Å². The van der Waals surface area contributed by atoms with Gasteiger partial charge in [-0.3, -0.25) is 14.5 Å². The van der Waals surface area contributed by atoms with Crippen molar-refractivity contribution in [3.8, 4) is 0 Å². The Labute approximate surface area is 90.1 Å². The Balaban J connectivity index is 2.16. The lowest BCUT2D eigenvalue weighted by atomic mass is 9.90. The van der Waals surface area contributed by atoms with Gasteiger partial charge in [0.2, 0.25) is 0 Å². The van der Waals surface area contributed by atoms with Gasteiger partial charge in [0.1, 0.15) is 0 Å². The van der Waals surface area contributed by atoms with E-state index in [4.69, 9.17) is 0 Å². The molecule has 2 aliphatic rings. The van der Waals surface area contributed by atoms with Gasteiger partial charge >= 0.3 is 0 Å². The maximum absolute atomic E-state index is 11.6. The summed E-state index contributed by atoms with van der Waals surface area (Å²) in [5.74, 6) is 0.770. The van der Waals surface area contributed by atoms with Gasteiger partial charge in [0.15, 0.2) is 0 Å². The number of carbonyl (C=O) groups excluding carboxylic acids is 2. The zero-order valence-corrected chi connectivity index (χ0v) is 9.27. The molecule has 0 spiro atoms. The van der Waals surface area contributed by atoms with Crippen molar-refractivity contribution in [1.82, 2.24) is 4.90 Å². The summed E-state index contributed by atoms with van der Waals surface area (Å²) in [6.07, 6.45) is 6.02. The van der Waals surface area contributed by atoms with Crippen molar-refractivity contribution in [3.05, 3.63) is 12.2 Å². The van der Waals surface area contributed by atoms with Crippen LogP contribution in [0.2, 0.25) is 0 Å². The van der Waals surface area contributed by atoms with Crippen LogP contribution in [0.15, 0.2) is 12.2 Å². The van der Waals surface area contributed by atoms with E-state index in [9.17, 15) is 9.59 Å². The molecule has 0 aromatic rings. The summed E-state index contributed by atoms with van der Waals surface area (Å²) in [6, 6.07) is 0.139. The predicted molar refractivity (Wildman–Crippen MR) is 57.0 cm³/mol. The van der Waals surface area contributed by atoms with Gasteiger partial charge in [-0.25, -0.2) is 0 Å². The first-order chi connectivity index (χ1) is 7.11. The number of hydrogen-bond acceptors (Lipinski definition) is 2. The van der Waals surface area contributed by atoms with E-state index in [1.165, 1.54) is 17.1 Å². The molecule has 0 bridgehead atoms. The van der Waals surface area contributed by atoms with E-state index in [0.717, 1.165) is 19.3 Å². The van der Waals surface area contributed by atoms with Gasteiger partial charge < -0.3 is 0 Å². The molecule has 1 heterocycles. The third kappa shape index (κ3) is 1.71. The molecule has 0 radical (unpaired) electrons. The highest BCUT2D eigenvalue weighted by atomic mass is 16.2. The molecule has 15 heavy (non-hydrogen) atoms. The molecule has 3 nitrogen and oxygen atoms in total. The Bertz CT molecular complexity index is 302. The fourth-order valence-electron chi connectivity index (χ4n) is 2.81. The smallest absolute Gasteiger partial charge is 0.253 e. The van der Waals surface area contributed by atoms with Gasteiger partial charge in [0.25, 0.3) is 11.8 Å². The van der Waals surface area contributed by atoms with Crippen LogP contribution >= 0.6 is 0 Å². The van der Waals surface area contributed by atoms with E-state index in [1.807, 2.05) is 0 Å². The lowest BCUT2D eigenvalue weighted by molar-refractivity contribution is -0.140. The molecule has 2 rings (SSSR count). The number of imide groups is 1. The fraction of sp³-hybridized carbons (Fsp3) is 0.667. The molecule has 1 aliphatic heterocycles. The number of nitrogens with zero attached hydrogens (tertiary/aromatic N) is 1. The Hall–Kier alpha value is -1.12. The largest absolute Gasteiger partial charge is 0.272 e. The summed E-state index contributed by atoms with van der Waals surface area (Å²) in [7, 11) is 0. The van der Waals surface area contributed by atoms with E-state index in [-0.39, 0.29) is 17.9 Å². The lowest BCUT2D eigenvalue weighted by Gasteiger charge is -2.30. The maximum Gasteiger partial charge on any atom is 0.253 e. The highest BCUT2D eigenvalue weighted by molar-refractivity contribution is 6.13. The van der Waals surface area contributed by atoms with E-state index in [2.05, 4.69) is 13.8 Å². The molecule has 1 aliphatic carbocycles. The van der Waals surface area contributed by atoms with Gasteiger partial charge in [-0.05, 0) is 24.7 Å². The average Bonchev–Trinajstić information content (AvgIpc) is 2.73. The van der Waals surface area contributed by atoms with Crippen LogP contribution in [0.25, 0.3) is 0 Å². The normalized spacial score (nSPS) is 31.0. The molecule has 0 aromatic carbocycles. The summed E-state index contributed by atoms with van der Waals surface area (Å²) < 4.78 is 0. The SMILES string of the molecule is CC(C)[C@@H]1CCC[C@@H]1N1C(=O)C=CC1=O. The Kier molecular flexibility index (Phi) is 2.63. The van der Waals surface area contributed by atoms with Crippen molar-refractivity contribution in [2.45, 2.75) is 39.2 Å². The first kappa shape index (κ1) is 10.4. The van der Waals surface area contributed by atoms with Crippen LogP contribution in [-0.2, 0) is 9.59 Å². The molecular weight excluding hydrogens is 190 g/mol. The Morgan fingerprint density at radius 3 is 2.33 bits per heavy atom. The highest BCUT2D eigenvalue weighted by Gasteiger charge is 2.39. The zero-order chi connectivity index (χ0) is 11.0. The van der Waals surface area contributed by atoms with Crippen molar-refractivity contribution in [1.29, 1.82) is 0 Å². The summed E-state index contributed by atoms with van der Waals surface area (Å²) in [5, 5.41) is 0. The van der Waals surface area contributed by atoms with E-state index < -0.39 is 0 Å². The number of carbonyl (C=O) groups is 2. The zero-order valence-electron chi connectivity index (χ0n) is 9.27. The summed E-state index contributed by atoms with van der Waals surface area (Å²) in [4.78, 5) is 24.6. The standard InChI is InChI=1S/C12H17NO2/c1-8(2)9-4-3-5-10(9)13-11(14)6-7-12(13)15/h6-10H,3-5H2,1-2H3/t9-,10-/m0/s1. The second-order valence-electron chi connectivity index (χ2n) is 4.79. The third-order valence-corrected chi connectivity index (χ3v) is 3.56. The summed E-state index contributed by atoms with van der Waals surface area (Å²) in [5.41, 5.74) is 0. The van der Waals surface area contributed by atoms with Crippen molar-refractivity contribution < 1.29 is 9.59 Å². The maximum atomic E-state index is 11.6. The van der Waals surface area contributed by atoms with Gasteiger partial charge in [0, 0.05) is 18.2 Å². The molecule has 1 saturated carbocycles. The Morgan fingerprint density at radius 1 is 1.20 bits per heavy atom. The van der Waals surface area contributed by atoms with E-state index >= 15 is 0 Å². The summed E-state index contributed by atoms with van der Waals surface area (Å²) in [6.45, 7) is 4.34. The quantitative estimate of drug-likeness (QED) is 0.647. The minimum atomic E-state index is -0.127. The first-order valence-corrected chi connectivity index (χ1v) is 5.66. The highest BCUT2D eigenvalue weighted by Crippen LogP contribution is 2.36. The molecular formula is C12H17NO2. The molecule has 0 N–H and O–H groups in total. The van der Waals surface area contributed by atoms with Crippen LogP contribution < -0.4 is 0 Å². The minimum Gasteiger partial charge on any atom is -0.272 e. The van der Waals surface area contributed by atoms with Gasteiger partial charge in [-0.15, -0.1) is 0 Å². The number of rotatable bonds is 2. The molecule has 1 fully saturated rings. The number of hydrogen-bond donors (Lipinski definition) is 0. The molecule has 2 atom stereocenters. The van der Waals surface area contributed by atoms with Crippen molar-refractivity contribution in [2.24, 2.45) is 11.8 Å². The van der Waals surface area contributed by atoms with Gasteiger partial charge in [-0.1, -0.05) is 20.3 Å².